The Hall–Kier alpha value is -1.86. The average Bonchev–Trinajstić information content (AvgIpc) is 2.68. The first-order valence-corrected chi connectivity index (χ1v) is 9.27. The van der Waals surface area contributed by atoms with Crippen molar-refractivity contribution in [2.45, 2.75) is 12.8 Å². The summed E-state index contributed by atoms with van der Waals surface area (Å²) in [6.45, 7) is 6.56. The number of hydrogen-bond donors (Lipinski definition) is 1. The van der Waals surface area contributed by atoms with Gasteiger partial charge in [-0.15, -0.1) is 0 Å². The van der Waals surface area contributed by atoms with Gasteiger partial charge in [0.05, 0.1) is 13.2 Å². The van der Waals surface area contributed by atoms with E-state index in [-0.39, 0.29) is 5.82 Å². The van der Waals surface area contributed by atoms with Crippen LogP contribution in [0, 0.1) is 5.82 Å². The summed E-state index contributed by atoms with van der Waals surface area (Å²) in [5.41, 5.74) is 1.07. The van der Waals surface area contributed by atoms with Crippen molar-refractivity contribution in [1.82, 2.24) is 10.2 Å². The first-order valence-electron chi connectivity index (χ1n) is 9.27. The molecule has 1 saturated heterocycles. The third-order valence-electron chi connectivity index (χ3n) is 4.41. The van der Waals surface area contributed by atoms with Crippen LogP contribution in [-0.2, 0) is 9.47 Å². The van der Waals surface area contributed by atoms with E-state index in [0.717, 1.165) is 63.8 Å². The Bertz CT molecular complexity index is 531. The fourth-order valence-corrected chi connectivity index (χ4v) is 2.93. The number of ether oxygens (including phenoxy) is 2. The van der Waals surface area contributed by atoms with Gasteiger partial charge >= 0.3 is 0 Å². The van der Waals surface area contributed by atoms with Gasteiger partial charge in [0.15, 0.2) is 5.96 Å². The molecule has 2 rings (SSSR count). The number of aliphatic imine (C=N–C) groups is 1. The van der Waals surface area contributed by atoms with Crippen LogP contribution in [0.3, 0.4) is 0 Å². The van der Waals surface area contributed by atoms with Gasteiger partial charge in [-0.2, -0.15) is 0 Å². The molecule has 26 heavy (non-hydrogen) atoms. The molecule has 0 radical (unpaired) electrons. The number of guanidine groups is 1. The highest BCUT2D eigenvalue weighted by atomic mass is 19.1. The van der Waals surface area contributed by atoms with Crippen LogP contribution in [0.5, 0.6) is 0 Å². The monoisotopic (exact) mass is 366 g/mol. The SMILES string of the molecule is CN=C(NCCCCOCCOC)N1CCN(c2ccc(F)cc2)CC1. The van der Waals surface area contributed by atoms with E-state index in [1.165, 1.54) is 12.1 Å². The minimum atomic E-state index is -0.193. The molecule has 6 nitrogen and oxygen atoms in total. The van der Waals surface area contributed by atoms with Crippen LogP contribution in [0.2, 0.25) is 0 Å². The molecular formula is C19H31FN4O2. The van der Waals surface area contributed by atoms with E-state index in [1.54, 1.807) is 7.11 Å². The largest absolute Gasteiger partial charge is 0.382 e. The maximum Gasteiger partial charge on any atom is 0.193 e. The Balaban J connectivity index is 1.64. The lowest BCUT2D eigenvalue weighted by molar-refractivity contribution is 0.0689. The third-order valence-corrected chi connectivity index (χ3v) is 4.41. The minimum absolute atomic E-state index is 0.193. The van der Waals surface area contributed by atoms with Crippen molar-refractivity contribution in [3.63, 3.8) is 0 Å². The van der Waals surface area contributed by atoms with E-state index >= 15 is 0 Å². The highest BCUT2D eigenvalue weighted by Crippen LogP contribution is 2.16. The number of anilines is 1. The number of methoxy groups -OCH3 is 1. The number of unbranched alkanes of at least 4 members (excludes halogenated alkanes) is 1. The lowest BCUT2D eigenvalue weighted by Crippen LogP contribution is -2.52. The molecule has 146 valence electrons. The Morgan fingerprint density at radius 3 is 2.46 bits per heavy atom. The van der Waals surface area contributed by atoms with E-state index in [1.807, 2.05) is 19.2 Å². The molecule has 0 atom stereocenters. The summed E-state index contributed by atoms with van der Waals surface area (Å²) in [6.07, 6.45) is 2.06. The van der Waals surface area contributed by atoms with Crippen LogP contribution in [0.4, 0.5) is 10.1 Å². The molecule has 0 saturated carbocycles. The molecule has 1 aromatic carbocycles. The van der Waals surface area contributed by atoms with Crippen molar-refractivity contribution in [1.29, 1.82) is 0 Å². The first-order chi connectivity index (χ1) is 12.7. The standard InChI is InChI=1S/C19H31FN4O2/c1-21-19(22-9-3-4-14-26-16-15-25-2)24-12-10-23(11-13-24)18-7-5-17(20)6-8-18/h5-8H,3-4,9-16H2,1-2H3,(H,21,22). The summed E-state index contributed by atoms with van der Waals surface area (Å²) in [4.78, 5) is 8.95. The number of halogens is 1. The first kappa shape index (κ1) is 20.5. The van der Waals surface area contributed by atoms with Gasteiger partial charge in [0, 0.05) is 59.2 Å². The van der Waals surface area contributed by atoms with Crippen LogP contribution in [0.1, 0.15) is 12.8 Å². The Morgan fingerprint density at radius 2 is 1.81 bits per heavy atom. The Labute approximate surface area is 156 Å². The van der Waals surface area contributed by atoms with Gasteiger partial charge in [-0.25, -0.2) is 4.39 Å². The molecule has 1 aliphatic heterocycles. The smallest absolute Gasteiger partial charge is 0.193 e. The number of nitrogens with zero attached hydrogens (tertiary/aromatic N) is 3. The van der Waals surface area contributed by atoms with Crippen molar-refractivity contribution in [2.75, 3.05) is 71.6 Å². The maximum atomic E-state index is 13.1. The van der Waals surface area contributed by atoms with E-state index in [9.17, 15) is 4.39 Å². The molecule has 1 aromatic rings. The number of nitrogens with one attached hydrogen (secondary N) is 1. The highest BCUT2D eigenvalue weighted by molar-refractivity contribution is 5.80. The molecule has 1 heterocycles. The fraction of sp³-hybridized carbons (Fsp3) is 0.632. The molecule has 0 aromatic heterocycles. The zero-order valence-electron chi connectivity index (χ0n) is 15.9. The van der Waals surface area contributed by atoms with Crippen molar-refractivity contribution in [2.24, 2.45) is 4.99 Å². The summed E-state index contributed by atoms with van der Waals surface area (Å²) in [7, 11) is 3.50. The molecule has 0 bridgehead atoms. The highest BCUT2D eigenvalue weighted by Gasteiger charge is 2.19. The van der Waals surface area contributed by atoms with Crippen LogP contribution in [0.15, 0.2) is 29.3 Å². The molecule has 1 fully saturated rings. The lowest BCUT2D eigenvalue weighted by atomic mass is 10.2. The zero-order chi connectivity index (χ0) is 18.6. The molecule has 0 aliphatic carbocycles. The van der Waals surface area contributed by atoms with Crippen molar-refractivity contribution >= 4 is 11.6 Å². The van der Waals surface area contributed by atoms with Gasteiger partial charge in [0.1, 0.15) is 5.82 Å². The Kier molecular flexibility index (Phi) is 9.20. The molecule has 0 unspecified atom stereocenters. The third kappa shape index (κ3) is 6.80. The second-order valence-corrected chi connectivity index (χ2v) is 6.24. The van der Waals surface area contributed by atoms with Crippen molar-refractivity contribution in [3.05, 3.63) is 30.1 Å². The minimum Gasteiger partial charge on any atom is -0.382 e. The van der Waals surface area contributed by atoms with Crippen molar-refractivity contribution < 1.29 is 13.9 Å². The second-order valence-electron chi connectivity index (χ2n) is 6.24. The molecule has 1 N–H and O–H groups in total. The quantitative estimate of drug-likeness (QED) is 0.411. The van der Waals surface area contributed by atoms with Gasteiger partial charge < -0.3 is 24.6 Å². The second kappa shape index (κ2) is 11.7. The number of piperazine rings is 1. The van der Waals surface area contributed by atoms with E-state index in [4.69, 9.17) is 9.47 Å². The number of hydrogen-bond acceptors (Lipinski definition) is 4. The van der Waals surface area contributed by atoms with Crippen LogP contribution in [0.25, 0.3) is 0 Å². The van der Waals surface area contributed by atoms with Gasteiger partial charge in [-0.1, -0.05) is 0 Å². The van der Waals surface area contributed by atoms with Gasteiger partial charge in [-0.05, 0) is 37.1 Å². The zero-order valence-corrected chi connectivity index (χ0v) is 15.9. The molecular weight excluding hydrogens is 335 g/mol. The van der Waals surface area contributed by atoms with Crippen LogP contribution in [-0.4, -0.2) is 77.6 Å². The summed E-state index contributed by atoms with van der Waals surface area (Å²) >= 11 is 0. The fourth-order valence-electron chi connectivity index (χ4n) is 2.93. The molecule has 0 spiro atoms. The summed E-state index contributed by atoms with van der Waals surface area (Å²) in [6, 6.07) is 6.71. The van der Waals surface area contributed by atoms with E-state index < -0.39 is 0 Å². The number of benzene rings is 1. The predicted octanol–water partition coefficient (Wildman–Crippen LogP) is 1.97. The predicted molar refractivity (Wildman–Crippen MR) is 103 cm³/mol. The van der Waals surface area contributed by atoms with Gasteiger partial charge in [0.25, 0.3) is 0 Å². The van der Waals surface area contributed by atoms with Crippen LogP contribution < -0.4 is 10.2 Å². The van der Waals surface area contributed by atoms with Gasteiger partial charge in [-0.3, -0.25) is 4.99 Å². The van der Waals surface area contributed by atoms with E-state index in [2.05, 4.69) is 20.1 Å². The summed E-state index contributed by atoms with van der Waals surface area (Å²) in [5, 5.41) is 3.43. The maximum absolute atomic E-state index is 13.1. The van der Waals surface area contributed by atoms with E-state index in [0.29, 0.717) is 13.2 Å². The number of rotatable bonds is 9. The molecule has 1 aliphatic rings. The van der Waals surface area contributed by atoms with Gasteiger partial charge in [0.2, 0.25) is 0 Å². The topological polar surface area (TPSA) is 49.3 Å². The molecule has 0 amide bonds. The summed E-state index contributed by atoms with van der Waals surface area (Å²) < 4.78 is 23.5. The van der Waals surface area contributed by atoms with Crippen molar-refractivity contribution in [3.8, 4) is 0 Å². The summed E-state index contributed by atoms with van der Waals surface area (Å²) in [5.74, 6) is 0.755. The lowest BCUT2D eigenvalue weighted by Gasteiger charge is -2.37. The molecule has 7 heteroatoms. The average molecular weight is 366 g/mol. The van der Waals surface area contributed by atoms with Crippen LogP contribution >= 0.6 is 0 Å². The normalized spacial score (nSPS) is 15.4. The Morgan fingerprint density at radius 1 is 1.08 bits per heavy atom.